The summed E-state index contributed by atoms with van der Waals surface area (Å²) in [5.41, 5.74) is 1.13. The van der Waals surface area contributed by atoms with Gasteiger partial charge in [-0.25, -0.2) is 18.9 Å². The number of benzene rings is 1. The van der Waals surface area contributed by atoms with Crippen LogP contribution in [0.1, 0.15) is 12.0 Å². The van der Waals surface area contributed by atoms with E-state index in [9.17, 15) is 24.0 Å². The van der Waals surface area contributed by atoms with Crippen molar-refractivity contribution < 1.29 is 18.7 Å². The predicted octanol–water partition coefficient (Wildman–Crippen LogP) is 3.28. The zero-order valence-corrected chi connectivity index (χ0v) is 21.5. The van der Waals surface area contributed by atoms with Gasteiger partial charge in [-0.1, -0.05) is 11.6 Å². The third-order valence-corrected chi connectivity index (χ3v) is 8.17. The molecule has 3 aromatic rings. The lowest BCUT2D eigenvalue weighted by Gasteiger charge is -2.40. The minimum absolute atomic E-state index is 0.0103. The van der Waals surface area contributed by atoms with Crippen molar-refractivity contribution in [3.8, 4) is 11.8 Å². The lowest BCUT2D eigenvalue weighted by molar-refractivity contribution is -0.119. The average molecular weight is 543 g/mol. The number of aryl methyl sites for hydroxylation is 2. The van der Waals surface area contributed by atoms with Crippen molar-refractivity contribution in [1.82, 2.24) is 19.0 Å². The molecule has 5 rings (SSSR count). The number of carbonyl (C=O) groups is 2. The number of pyridine rings is 1. The summed E-state index contributed by atoms with van der Waals surface area (Å²) >= 11 is 7.52. The van der Waals surface area contributed by atoms with Crippen LogP contribution in [0.3, 0.4) is 0 Å². The fraction of sp³-hybridized carbons (Fsp3) is 0.292. The molecule has 13 heteroatoms. The molecule has 3 amide bonds. The fourth-order valence-electron chi connectivity index (χ4n) is 4.69. The molecule has 0 aliphatic carbocycles. The van der Waals surface area contributed by atoms with Crippen molar-refractivity contribution in [3.63, 3.8) is 0 Å². The van der Waals surface area contributed by atoms with Crippen LogP contribution in [0.15, 0.2) is 35.4 Å². The number of hydrogen-bond acceptors (Lipinski definition) is 7. The van der Waals surface area contributed by atoms with E-state index in [4.69, 9.17) is 16.3 Å². The maximum absolute atomic E-state index is 14.1. The first-order valence-corrected chi connectivity index (χ1v) is 12.4. The predicted molar refractivity (Wildman–Crippen MR) is 137 cm³/mol. The molecule has 1 fully saturated rings. The summed E-state index contributed by atoms with van der Waals surface area (Å²) in [6.07, 6.45) is 4.64. The number of halogens is 2. The minimum Gasteiger partial charge on any atom is -0.494 e. The fourth-order valence-corrected chi connectivity index (χ4v) is 6.36. The van der Waals surface area contributed by atoms with E-state index in [2.05, 4.69) is 4.98 Å². The Morgan fingerprint density at radius 3 is 2.68 bits per heavy atom. The number of rotatable bonds is 5. The standard InChI is InChI=1S/C24H20ClFN6O4S/c1-29-16-10-28-11-17(20(16)30(2)23(29)34)32-22(33)21-15(31(24(32)35)6-4-5-27)9-19(37-21)12-7-18(36-3)14(26)8-13(12)25/h7-11,15,21H,4,6H2,1-3H3. The Bertz CT molecular complexity index is 1610. The molecule has 2 aliphatic heterocycles. The lowest BCUT2D eigenvalue weighted by Crippen LogP contribution is -2.62. The number of nitrogens with zero attached hydrogens (tertiary/aromatic N) is 6. The van der Waals surface area contributed by atoms with E-state index in [1.165, 1.54) is 51.4 Å². The van der Waals surface area contributed by atoms with Gasteiger partial charge < -0.3 is 9.64 Å². The molecule has 2 aliphatic rings. The van der Waals surface area contributed by atoms with Crippen LogP contribution in [0.25, 0.3) is 15.9 Å². The van der Waals surface area contributed by atoms with Crippen LogP contribution in [-0.2, 0) is 18.9 Å². The SMILES string of the molecule is COc1cc(C2=CC3C(S2)C(=O)N(c2cncc4c2n(C)c(=O)n4C)C(=O)N3CCC#N)c(Cl)cc1F. The monoisotopic (exact) mass is 542 g/mol. The smallest absolute Gasteiger partial charge is 0.332 e. The van der Waals surface area contributed by atoms with E-state index in [0.717, 1.165) is 11.0 Å². The molecule has 1 aromatic carbocycles. The molecular formula is C24H20ClFN6O4S. The number of amides is 3. The normalized spacial score (nSPS) is 19.3. The van der Waals surface area contributed by atoms with E-state index >= 15 is 0 Å². The number of anilines is 1. The largest absolute Gasteiger partial charge is 0.494 e. The Labute approximate surface area is 219 Å². The molecule has 190 valence electrons. The number of aromatic nitrogens is 3. The van der Waals surface area contributed by atoms with E-state index in [-0.39, 0.29) is 35.1 Å². The van der Waals surface area contributed by atoms with Crippen LogP contribution >= 0.6 is 23.4 Å². The number of imidazole rings is 1. The number of ether oxygens (including phenoxy) is 1. The summed E-state index contributed by atoms with van der Waals surface area (Å²) in [5.74, 6) is -1.14. The van der Waals surface area contributed by atoms with Crippen molar-refractivity contribution in [2.75, 3.05) is 18.6 Å². The average Bonchev–Trinajstić information content (AvgIpc) is 3.41. The Balaban J connectivity index is 1.62. The van der Waals surface area contributed by atoms with Crippen LogP contribution < -0.4 is 15.3 Å². The lowest BCUT2D eigenvalue weighted by atomic mass is 10.0. The summed E-state index contributed by atoms with van der Waals surface area (Å²) < 4.78 is 22.0. The van der Waals surface area contributed by atoms with Gasteiger partial charge in [0.2, 0.25) is 0 Å². The molecule has 37 heavy (non-hydrogen) atoms. The molecular weight excluding hydrogens is 523 g/mol. The first kappa shape index (κ1) is 24.9. The molecule has 0 bridgehead atoms. The number of nitriles is 1. The molecule has 0 saturated carbocycles. The van der Waals surface area contributed by atoms with Crippen molar-refractivity contribution in [2.45, 2.75) is 17.7 Å². The Kier molecular flexibility index (Phi) is 6.21. The zero-order chi connectivity index (χ0) is 26.6. The Morgan fingerprint density at radius 2 is 1.97 bits per heavy atom. The van der Waals surface area contributed by atoms with Gasteiger partial charge in [0, 0.05) is 31.1 Å². The van der Waals surface area contributed by atoms with Gasteiger partial charge in [0.15, 0.2) is 11.6 Å². The Hall–Kier alpha value is -3.82. The van der Waals surface area contributed by atoms with Crippen LogP contribution in [0.5, 0.6) is 5.75 Å². The maximum atomic E-state index is 14.1. The molecule has 1 saturated heterocycles. The maximum Gasteiger partial charge on any atom is 0.332 e. The number of urea groups is 1. The zero-order valence-electron chi connectivity index (χ0n) is 19.9. The van der Waals surface area contributed by atoms with E-state index < -0.39 is 29.0 Å². The van der Waals surface area contributed by atoms with Gasteiger partial charge in [-0.3, -0.25) is 18.9 Å². The highest BCUT2D eigenvalue weighted by molar-refractivity contribution is 8.09. The van der Waals surface area contributed by atoms with Gasteiger partial charge in [0.1, 0.15) is 5.25 Å². The van der Waals surface area contributed by atoms with Crippen LogP contribution in [0.2, 0.25) is 5.02 Å². The molecule has 2 atom stereocenters. The number of methoxy groups -OCH3 is 1. The summed E-state index contributed by atoms with van der Waals surface area (Å²) in [6, 6.07) is 3.32. The van der Waals surface area contributed by atoms with Crippen molar-refractivity contribution >= 4 is 56.9 Å². The first-order valence-electron chi connectivity index (χ1n) is 11.1. The van der Waals surface area contributed by atoms with Crippen LogP contribution in [0, 0.1) is 17.1 Å². The minimum atomic E-state index is -0.769. The highest BCUT2D eigenvalue weighted by Crippen LogP contribution is 2.48. The van der Waals surface area contributed by atoms with Gasteiger partial charge in [-0.05, 0) is 18.2 Å². The third-order valence-electron chi connectivity index (χ3n) is 6.51. The van der Waals surface area contributed by atoms with Crippen LogP contribution in [0.4, 0.5) is 14.9 Å². The number of thioether (sulfide) groups is 1. The highest BCUT2D eigenvalue weighted by Gasteiger charge is 2.50. The second-order valence-electron chi connectivity index (χ2n) is 8.51. The molecule has 10 nitrogen and oxygen atoms in total. The molecule has 0 spiro atoms. The van der Waals surface area contributed by atoms with Gasteiger partial charge in [0.25, 0.3) is 5.91 Å². The number of carbonyl (C=O) groups excluding carboxylic acids is 2. The molecule has 0 radical (unpaired) electrons. The third kappa shape index (κ3) is 3.77. The molecule has 2 aromatic heterocycles. The number of fused-ring (bicyclic) bond motifs is 2. The van der Waals surface area contributed by atoms with E-state index in [1.54, 1.807) is 20.2 Å². The first-order chi connectivity index (χ1) is 17.7. The van der Waals surface area contributed by atoms with Gasteiger partial charge in [-0.2, -0.15) is 5.26 Å². The molecule has 4 heterocycles. The van der Waals surface area contributed by atoms with Crippen LogP contribution in [-0.4, -0.2) is 55.9 Å². The summed E-state index contributed by atoms with van der Waals surface area (Å²) in [5, 5.41) is 8.57. The number of imide groups is 1. The van der Waals surface area contributed by atoms with Gasteiger partial charge in [0.05, 0.1) is 59.8 Å². The summed E-state index contributed by atoms with van der Waals surface area (Å²) in [4.78, 5) is 47.4. The van der Waals surface area contributed by atoms with Crippen molar-refractivity contribution in [3.05, 3.63) is 57.5 Å². The topological polar surface area (TPSA) is 113 Å². The summed E-state index contributed by atoms with van der Waals surface area (Å²) in [7, 11) is 4.47. The van der Waals surface area contributed by atoms with Gasteiger partial charge >= 0.3 is 11.7 Å². The quantitative estimate of drug-likeness (QED) is 0.486. The second-order valence-corrected chi connectivity index (χ2v) is 10.1. The van der Waals surface area contributed by atoms with E-state index in [0.29, 0.717) is 21.5 Å². The second kappa shape index (κ2) is 9.24. The van der Waals surface area contributed by atoms with Crippen molar-refractivity contribution in [1.29, 1.82) is 5.26 Å². The molecule has 2 unspecified atom stereocenters. The van der Waals surface area contributed by atoms with E-state index in [1.807, 2.05) is 6.07 Å². The highest BCUT2D eigenvalue weighted by atomic mass is 35.5. The molecule has 0 N–H and O–H groups in total. The van der Waals surface area contributed by atoms with Gasteiger partial charge in [-0.15, -0.1) is 11.8 Å². The Morgan fingerprint density at radius 1 is 1.22 bits per heavy atom. The number of hydrogen-bond donors (Lipinski definition) is 0. The summed E-state index contributed by atoms with van der Waals surface area (Å²) in [6.45, 7) is 0.0716. The van der Waals surface area contributed by atoms with Crippen molar-refractivity contribution in [2.24, 2.45) is 14.1 Å².